The number of hydrogen-bond acceptors (Lipinski definition) is 5. The van der Waals surface area contributed by atoms with Crippen LogP contribution in [-0.4, -0.2) is 27.9 Å². The molecule has 0 radical (unpaired) electrons. The summed E-state index contributed by atoms with van der Waals surface area (Å²) >= 11 is 15.1. The van der Waals surface area contributed by atoms with Crippen LogP contribution in [0.1, 0.15) is 15.9 Å². The molecule has 2 amide bonds. The minimum atomic E-state index is -1.63. The number of thioether (sulfide) groups is 2. The van der Waals surface area contributed by atoms with Crippen molar-refractivity contribution in [3.8, 4) is 0 Å². The normalized spacial score (nSPS) is 16.7. The topological polar surface area (TPSA) is 70.6 Å². The molecule has 0 saturated carbocycles. The molecule has 4 aromatic rings. The summed E-state index contributed by atoms with van der Waals surface area (Å²) in [7, 11) is 0. The second-order valence-electron chi connectivity index (χ2n) is 8.34. The first-order chi connectivity index (χ1) is 18.4. The van der Waals surface area contributed by atoms with Gasteiger partial charge in [0.1, 0.15) is 10.4 Å². The average Bonchev–Trinajstić information content (AvgIpc) is 3.28. The van der Waals surface area contributed by atoms with Crippen molar-refractivity contribution >= 4 is 64.4 Å². The number of rotatable bonds is 8. The van der Waals surface area contributed by atoms with E-state index in [1.807, 2.05) is 60.7 Å². The van der Waals surface area contributed by atoms with E-state index in [1.54, 1.807) is 48.5 Å². The largest absolute Gasteiger partial charge is 0.318 e. The molecule has 1 aliphatic heterocycles. The lowest BCUT2D eigenvalue weighted by atomic mass is 10.1. The van der Waals surface area contributed by atoms with Crippen LogP contribution in [-0.2, 0) is 4.79 Å². The third-order valence-electron chi connectivity index (χ3n) is 5.71. The Morgan fingerprint density at radius 2 is 1.26 bits per heavy atom. The highest BCUT2D eigenvalue weighted by atomic mass is 35.5. The van der Waals surface area contributed by atoms with Crippen LogP contribution in [0.25, 0.3) is 0 Å². The van der Waals surface area contributed by atoms with Gasteiger partial charge in [0, 0.05) is 31.0 Å². The molecule has 0 fully saturated rings. The molecule has 38 heavy (non-hydrogen) atoms. The molecule has 0 saturated heterocycles. The predicted octanol–water partition coefficient (Wildman–Crippen LogP) is 6.91. The highest BCUT2D eigenvalue weighted by Crippen LogP contribution is 2.44. The number of benzene rings is 4. The molecule has 2 N–H and O–H groups in total. The first-order valence-electron chi connectivity index (χ1n) is 11.6. The highest BCUT2D eigenvalue weighted by Gasteiger charge is 2.52. The number of nitrogens with one attached hydrogen (secondary N) is 2. The molecule has 5 nitrogen and oxygen atoms in total. The van der Waals surface area contributed by atoms with Crippen molar-refractivity contribution in [2.75, 3.05) is 0 Å². The maximum absolute atomic E-state index is 13.9. The Kier molecular flexibility index (Phi) is 8.09. The molecule has 0 spiro atoms. The van der Waals surface area contributed by atoms with E-state index < -0.39 is 22.1 Å². The quantitative estimate of drug-likeness (QED) is 0.176. The van der Waals surface area contributed by atoms with Gasteiger partial charge in [0.05, 0.1) is 0 Å². The fraction of sp³-hybridized carbons (Fsp3) is 0.0690. The number of amides is 2. The van der Waals surface area contributed by atoms with Gasteiger partial charge < -0.3 is 10.6 Å². The van der Waals surface area contributed by atoms with E-state index >= 15 is 0 Å². The second kappa shape index (κ2) is 11.7. The zero-order valence-electron chi connectivity index (χ0n) is 19.8. The van der Waals surface area contributed by atoms with E-state index in [-0.39, 0.29) is 0 Å². The van der Waals surface area contributed by atoms with E-state index in [2.05, 4.69) is 10.6 Å². The fourth-order valence-corrected chi connectivity index (χ4v) is 6.77. The minimum absolute atomic E-state index is 0.391. The van der Waals surface area contributed by atoms with Crippen LogP contribution in [0.15, 0.2) is 124 Å². The Hall–Kier alpha value is -3.23. The van der Waals surface area contributed by atoms with Gasteiger partial charge in [0.25, 0.3) is 11.8 Å². The van der Waals surface area contributed by atoms with Crippen LogP contribution in [0.3, 0.4) is 0 Å². The Labute approximate surface area is 239 Å². The number of halogens is 2. The van der Waals surface area contributed by atoms with Crippen molar-refractivity contribution in [3.05, 3.63) is 130 Å². The number of nitrogens with zero attached hydrogens (tertiary/aromatic N) is 1. The Bertz CT molecular complexity index is 1420. The van der Waals surface area contributed by atoms with E-state index in [4.69, 9.17) is 28.2 Å². The molecule has 5 rings (SSSR count). The van der Waals surface area contributed by atoms with Gasteiger partial charge in [-0.3, -0.25) is 9.59 Å². The Balaban J connectivity index is 1.61. The SMILES string of the molecule is O=C(NC1(C(Sc2ccc(Cl)cc2)Sc2ccc(Cl)cc2)N=C(c2ccccc2)NC1=O)c1ccccc1. The van der Waals surface area contributed by atoms with E-state index in [1.165, 1.54) is 23.5 Å². The lowest BCUT2D eigenvalue weighted by Crippen LogP contribution is -2.59. The monoisotopic (exact) mass is 577 g/mol. The maximum atomic E-state index is 13.9. The zero-order chi connectivity index (χ0) is 26.5. The van der Waals surface area contributed by atoms with Gasteiger partial charge in [0.15, 0.2) is 0 Å². The molecule has 1 heterocycles. The van der Waals surface area contributed by atoms with Crippen molar-refractivity contribution in [1.82, 2.24) is 10.6 Å². The number of amidine groups is 1. The van der Waals surface area contributed by atoms with E-state index in [0.717, 1.165) is 15.4 Å². The number of hydrogen-bond donors (Lipinski definition) is 2. The molecule has 9 heteroatoms. The second-order valence-corrected chi connectivity index (χ2v) is 11.9. The van der Waals surface area contributed by atoms with Crippen LogP contribution < -0.4 is 10.6 Å². The molecule has 190 valence electrons. The summed E-state index contributed by atoms with van der Waals surface area (Å²) < 4.78 is -0.598. The third-order valence-corrected chi connectivity index (χ3v) is 8.99. The van der Waals surface area contributed by atoms with Crippen LogP contribution in [0.2, 0.25) is 10.0 Å². The van der Waals surface area contributed by atoms with Crippen molar-refractivity contribution in [3.63, 3.8) is 0 Å². The van der Waals surface area contributed by atoms with Gasteiger partial charge >= 0.3 is 0 Å². The van der Waals surface area contributed by atoms with Gasteiger partial charge in [-0.05, 0) is 60.7 Å². The van der Waals surface area contributed by atoms with E-state index in [9.17, 15) is 9.59 Å². The summed E-state index contributed by atoms with van der Waals surface area (Å²) in [4.78, 5) is 34.0. The highest BCUT2D eigenvalue weighted by molar-refractivity contribution is 8.17. The standard InChI is InChI=1S/C29H21Cl2N3O2S2/c30-21-11-15-23(16-12-21)37-28(38-24-17-13-22(31)14-18-24)29(34-26(35)20-9-5-2-6-10-20)27(36)32-25(33-29)19-7-3-1-4-8-19/h1-18,28H,(H,34,35)(H,32,33,36). The summed E-state index contributed by atoms with van der Waals surface area (Å²) in [6, 6.07) is 32.8. The van der Waals surface area contributed by atoms with Crippen molar-refractivity contribution in [2.45, 2.75) is 20.0 Å². The van der Waals surface area contributed by atoms with Gasteiger partial charge in [-0.2, -0.15) is 0 Å². The first-order valence-corrected chi connectivity index (χ1v) is 14.1. The molecule has 1 unspecified atom stereocenters. The Morgan fingerprint density at radius 3 is 1.79 bits per heavy atom. The van der Waals surface area contributed by atoms with Crippen LogP contribution in [0.5, 0.6) is 0 Å². The predicted molar refractivity (Wildman–Crippen MR) is 156 cm³/mol. The molecular formula is C29H21Cl2N3O2S2. The third kappa shape index (κ3) is 5.92. The van der Waals surface area contributed by atoms with Crippen LogP contribution in [0.4, 0.5) is 0 Å². The lowest BCUT2D eigenvalue weighted by molar-refractivity contribution is -0.124. The van der Waals surface area contributed by atoms with Gasteiger partial charge in [0.2, 0.25) is 5.66 Å². The van der Waals surface area contributed by atoms with Crippen LogP contribution in [0, 0.1) is 0 Å². The molecule has 0 aromatic heterocycles. The molecule has 0 bridgehead atoms. The Morgan fingerprint density at radius 1 is 0.763 bits per heavy atom. The lowest BCUT2D eigenvalue weighted by Gasteiger charge is -2.32. The van der Waals surface area contributed by atoms with E-state index in [0.29, 0.717) is 21.4 Å². The maximum Gasteiger partial charge on any atom is 0.276 e. The molecule has 4 aromatic carbocycles. The van der Waals surface area contributed by atoms with Crippen molar-refractivity contribution < 1.29 is 9.59 Å². The molecule has 1 atom stereocenters. The fourth-order valence-electron chi connectivity index (χ4n) is 3.80. The summed E-state index contributed by atoms with van der Waals surface area (Å²) in [5.74, 6) is -0.437. The average molecular weight is 579 g/mol. The van der Waals surface area contributed by atoms with Gasteiger partial charge in [-0.25, -0.2) is 4.99 Å². The number of carbonyl (C=O) groups excluding carboxylic acids is 2. The molecule has 0 aliphatic carbocycles. The van der Waals surface area contributed by atoms with Crippen molar-refractivity contribution in [2.24, 2.45) is 4.99 Å². The van der Waals surface area contributed by atoms with Gasteiger partial charge in [-0.15, -0.1) is 23.5 Å². The van der Waals surface area contributed by atoms with Crippen molar-refractivity contribution in [1.29, 1.82) is 0 Å². The zero-order valence-corrected chi connectivity index (χ0v) is 23.0. The number of carbonyl (C=O) groups is 2. The summed E-state index contributed by atoms with van der Waals surface area (Å²) in [5.41, 5.74) is -0.467. The van der Waals surface area contributed by atoms with Crippen LogP contribution >= 0.6 is 46.7 Å². The number of aliphatic imine (C=N–C) groups is 1. The first kappa shape index (κ1) is 26.4. The summed E-state index contributed by atoms with van der Waals surface area (Å²) in [5, 5.41) is 7.11. The van der Waals surface area contributed by atoms with Gasteiger partial charge in [-0.1, -0.05) is 71.7 Å². The smallest absolute Gasteiger partial charge is 0.276 e. The molecular weight excluding hydrogens is 557 g/mol. The molecule has 1 aliphatic rings. The summed E-state index contributed by atoms with van der Waals surface area (Å²) in [6.07, 6.45) is 0. The summed E-state index contributed by atoms with van der Waals surface area (Å²) in [6.45, 7) is 0. The minimum Gasteiger partial charge on any atom is -0.318 e.